The first kappa shape index (κ1) is 10.5. The molecule has 5 nitrogen and oxygen atoms in total. The maximum absolute atomic E-state index is 11.4. The highest BCUT2D eigenvalue weighted by atomic mass is 16.5. The van der Waals surface area contributed by atoms with Gasteiger partial charge in [-0.3, -0.25) is 4.79 Å². The molecule has 0 unspecified atom stereocenters. The van der Waals surface area contributed by atoms with E-state index in [2.05, 4.69) is 10.5 Å². The van der Waals surface area contributed by atoms with Crippen molar-refractivity contribution < 1.29 is 13.7 Å². The molecule has 0 saturated carbocycles. The molecule has 5 heteroatoms. The van der Waals surface area contributed by atoms with Gasteiger partial charge in [0.15, 0.2) is 5.76 Å². The Kier molecular flexibility index (Phi) is 3.38. The number of amides is 1. The van der Waals surface area contributed by atoms with Crippen molar-refractivity contribution in [2.45, 2.75) is 12.8 Å². The molecule has 16 heavy (non-hydrogen) atoms. The number of carbonyl (C=O) groups is 1. The molecule has 0 saturated heterocycles. The number of nitrogens with zero attached hydrogens (tertiary/aromatic N) is 1. The van der Waals surface area contributed by atoms with Gasteiger partial charge in [-0.15, -0.1) is 0 Å². The minimum atomic E-state index is -0.185. The molecule has 0 aliphatic rings. The van der Waals surface area contributed by atoms with Crippen LogP contribution in [0.15, 0.2) is 39.8 Å². The lowest BCUT2D eigenvalue weighted by Gasteiger charge is -2.01. The second kappa shape index (κ2) is 5.16. The number of hydrogen-bond donors (Lipinski definition) is 1. The van der Waals surface area contributed by atoms with Crippen LogP contribution in [0.25, 0.3) is 0 Å². The smallest absolute Gasteiger partial charge is 0.286 e. The first-order valence-corrected chi connectivity index (χ1v) is 5.06. The number of nitrogens with one attached hydrogen (secondary N) is 1. The zero-order valence-electron chi connectivity index (χ0n) is 8.68. The van der Waals surface area contributed by atoms with E-state index in [0.717, 1.165) is 18.4 Å². The van der Waals surface area contributed by atoms with Crippen LogP contribution < -0.4 is 5.32 Å². The fourth-order valence-corrected chi connectivity index (χ4v) is 1.34. The fourth-order valence-electron chi connectivity index (χ4n) is 1.34. The Hall–Kier alpha value is -2.04. The Morgan fingerprint density at radius 1 is 1.50 bits per heavy atom. The molecule has 1 N–H and O–H groups in total. The quantitative estimate of drug-likeness (QED) is 0.777. The number of aryl methyl sites for hydroxylation is 1. The monoisotopic (exact) mass is 220 g/mol. The Bertz CT molecular complexity index is 420. The second-order valence-corrected chi connectivity index (χ2v) is 3.37. The fraction of sp³-hybridized carbons (Fsp3) is 0.273. The van der Waals surface area contributed by atoms with Gasteiger partial charge in [0.25, 0.3) is 5.91 Å². The van der Waals surface area contributed by atoms with E-state index in [-0.39, 0.29) is 5.91 Å². The number of hydrogen-bond acceptors (Lipinski definition) is 4. The van der Waals surface area contributed by atoms with Crippen LogP contribution in [-0.2, 0) is 6.42 Å². The summed E-state index contributed by atoms with van der Waals surface area (Å²) in [5.74, 6) is 0.153. The minimum absolute atomic E-state index is 0.185. The van der Waals surface area contributed by atoms with Crippen LogP contribution in [0.2, 0.25) is 0 Å². The molecule has 0 aliphatic heterocycles. The van der Waals surface area contributed by atoms with Gasteiger partial charge in [-0.25, -0.2) is 0 Å². The van der Waals surface area contributed by atoms with Crippen molar-refractivity contribution in [3.63, 3.8) is 0 Å². The Balaban J connectivity index is 1.67. The summed E-state index contributed by atoms with van der Waals surface area (Å²) >= 11 is 0. The molecule has 2 aromatic rings. The highest BCUT2D eigenvalue weighted by Crippen LogP contribution is 2.01. The van der Waals surface area contributed by atoms with Crippen molar-refractivity contribution in [1.82, 2.24) is 10.5 Å². The largest absolute Gasteiger partial charge is 0.459 e. The summed E-state index contributed by atoms with van der Waals surface area (Å²) in [7, 11) is 0. The molecular weight excluding hydrogens is 208 g/mol. The summed E-state index contributed by atoms with van der Waals surface area (Å²) in [5, 5.41) is 6.36. The van der Waals surface area contributed by atoms with Gasteiger partial charge >= 0.3 is 0 Å². The molecule has 1 amide bonds. The van der Waals surface area contributed by atoms with Gasteiger partial charge in [-0.05, 0) is 25.0 Å². The lowest BCUT2D eigenvalue weighted by molar-refractivity contribution is 0.0925. The second-order valence-electron chi connectivity index (χ2n) is 3.37. The first-order valence-electron chi connectivity index (χ1n) is 5.06. The molecule has 0 bridgehead atoms. The van der Waals surface area contributed by atoms with Crippen molar-refractivity contribution in [2.75, 3.05) is 6.54 Å². The van der Waals surface area contributed by atoms with Crippen LogP contribution in [0.4, 0.5) is 0 Å². The normalized spacial score (nSPS) is 10.2. The van der Waals surface area contributed by atoms with Gasteiger partial charge in [0.05, 0.1) is 12.5 Å². The predicted molar refractivity (Wildman–Crippen MR) is 55.9 cm³/mol. The van der Waals surface area contributed by atoms with E-state index in [1.807, 2.05) is 0 Å². The molecule has 2 heterocycles. The third-order valence-corrected chi connectivity index (χ3v) is 2.16. The third kappa shape index (κ3) is 2.73. The molecular formula is C11H12N2O3. The van der Waals surface area contributed by atoms with Crippen LogP contribution in [0.1, 0.15) is 22.5 Å². The Labute approximate surface area is 92.4 Å². The maximum atomic E-state index is 11.4. The van der Waals surface area contributed by atoms with E-state index in [1.54, 1.807) is 24.6 Å². The van der Waals surface area contributed by atoms with Gasteiger partial charge in [0.1, 0.15) is 6.26 Å². The highest BCUT2D eigenvalue weighted by molar-refractivity contribution is 5.91. The average Bonchev–Trinajstić information content (AvgIpc) is 2.96. The zero-order chi connectivity index (χ0) is 11.2. The van der Waals surface area contributed by atoms with E-state index < -0.39 is 0 Å². The maximum Gasteiger partial charge on any atom is 0.286 e. The van der Waals surface area contributed by atoms with Gasteiger partial charge in [-0.2, -0.15) is 0 Å². The molecule has 0 fully saturated rings. The lowest BCUT2D eigenvalue weighted by Crippen LogP contribution is -2.24. The molecule has 0 aromatic carbocycles. The van der Waals surface area contributed by atoms with Crippen molar-refractivity contribution in [1.29, 1.82) is 0 Å². The Morgan fingerprint density at radius 2 is 2.44 bits per heavy atom. The van der Waals surface area contributed by atoms with Gasteiger partial charge < -0.3 is 14.3 Å². The Morgan fingerprint density at radius 3 is 3.12 bits per heavy atom. The minimum Gasteiger partial charge on any atom is -0.459 e. The number of carbonyl (C=O) groups excluding carboxylic acids is 1. The standard InChI is InChI=1S/C11H12N2O3/c14-11(10-4-2-6-15-10)12-5-1-3-9-7-13-16-8-9/h2,4,6-8H,1,3,5H2,(H,12,14). The first-order chi connectivity index (χ1) is 7.86. The van der Waals surface area contributed by atoms with Crippen LogP contribution in [0.5, 0.6) is 0 Å². The molecule has 0 aliphatic carbocycles. The van der Waals surface area contributed by atoms with E-state index in [1.165, 1.54) is 6.26 Å². The van der Waals surface area contributed by atoms with Gasteiger partial charge in [0, 0.05) is 12.1 Å². The summed E-state index contributed by atoms with van der Waals surface area (Å²) < 4.78 is 9.66. The van der Waals surface area contributed by atoms with E-state index in [9.17, 15) is 4.79 Å². The lowest BCUT2D eigenvalue weighted by atomic mass is 10.2. The van der Waals surface area contributed by atoms with Crippen LogP contribution >= 0.6 is 0 Å². The molecule has 84 valence electrons. The van der Waals surface area contributed by atoms with Crippen molar-refractivity contribution in [3.05, 3.63) is 42.2 Å². The van der Waals surface area contributed by atoms with E-state index >= 15 is 0 Å². The summed E-state index contributed by atoms with van der Waals surface area (Å²) in [5.41, 5.74) is 1.03. The molecule has 2 aromatic heterocycles. The van der Waals surface area contributed by atoms with Crippen LogP contribution in [-0.4, -0.2) is 17.6 Å². The SMILES string of the molecule is O=C(NCCCc1cnoc1)c1ccco1. The number of aromatic nitrogens is 1. The zero-order valence-corrected chi connectivity index (χ0v) is 8.68. The van der Waals surface area contributed by atoms with Crippen LogP contribution in [0, 0.1) is 0 Å². The van der Waals surface area contributed by atoms with Crippen molar-refractivity contribution >= 4 is 5.91 Å². The van der Waals surface area contributed by atoms with E-state index in [4.69, 9.17) is 8.94 Å². The summed E-state index contributed by atoms with van der Waals surface area (Å²) in [6.07, 6.45) is 6.43. The molecule has 2 rings (SSSR count). The summed E-state index contributed by atoms with van der Waals surface area (Å²) in [4.78, 5) is 11.4. The van der Waals surface area contributed by atoms with Gasteiger partial charge in [0.2, 0.25) is 0 Å². The predicted octanol–water partition coefficient (Wildman–Crippen LogP) is 1.63. The summed E-state index contributed by atoms with van der Waals surface area (Å²) in [6, 6.07) is 3.32. The molecule has 0 spiro atoms. The highest BCUT2D eigenvalue weighted by Gasteiger charge is 2.06. The number of furan rings is 1. The van der Waals surface area contributed by atoms with Crippen molar-refractivity contribution in [2.24, 2.45) is 0 Å². The molecule has 0 atom stereocenters. The third-order valence-electron chi connectivity index (χ3n) is 2.16. The average molecular weight is 220 g/mol. The van der Waals surface area contributed by atoms with Gasteiger partial charge in [-0.1, -0.05) is 5.16 Å². The molecule has 0 radical (unpaired) electrons. The van der Waals surface area contributed by atoms with Crippen LogP contribution in [0.3, 0.4) is 0 Å². The topological polar surface area (TPSA) is 68.3 Å². The van der Waals surface area contributed by atoms with E-state index in [0.29, 0.717) is 12.3 Å². The van der Waals surface area contributed by atoms with Crippen molar-refractivity contribution in [3.8, 4) is 0 Å². The summed E-state index contributed by atoms with van der Waals surface area (Å²) in [6.45, 7) is 0.602. The number of rotatable bonds is 5.